The number of nitro groups is 1. The van der Waals surface area contributed by atoms with Gasteiger partial charge in [-0.2, -0.15) is 5.10 Å². The van der Waals surface area contributed by atoms with E-state index in [9.17, 15) is 14.9 Å². The van der Waals surface area contributed by atoms with Gasteiger partial charge in [-0.25, -0.2) is 0 Å². The van der Waals surface area contributed by atoms with Gasteiger partial charge in [0, 0.05) is 24.4 Å². The first-order valence-corrected chi connectivity index (χ1v) is 5.69. The predicted molar refractivity (Wildman–Crippen MR) is 68.0 cm³/mol. The Morgan fingerprint density at radius 3 is 2.84 bits per heavy atom. The lowest BCUT2D eigenvalue weighted by molar-refractivity contribution is -0.384. The van der Waals surface area contributed by atoms with Gasteiger partial charge in [0.05, 0.1) is 11.1 Å². The van der Waals surface area contributed by atoms with Crippen molar-refractivity contribution >= 4 is 17.4 Å². The van der Waals surface area contributed by atoms with Crippen molar-refractivity contribution < 1.29 is 9.72 Å². The van der Waals surface area contributed by atoms with Crippen LogP contribution in [0.3, 0.4) is 0 Å². The van der Waals surface area contributed by atoms with E-state index < -0.39 is 10.8 Å². The van der Waals surface area contributed by atoms with Crippen molar-refractivity contribution in [3.05, 3.63) is 39.8 Å². The first kappa shape index (κ1) is 12.8. The summed E-state index contributed by atoms with van der Waals surface area (Å²) in [6.45, 7) is 4.08. The van der Waals surface area contributed by atoms with Gasteiger partial charge >= 0.3 is 0 Å². The largest absolute Gasteiger partial charge is 0.337 e. The van der Waals surface area contributed by atoms with Crippen LogP contribution in [0.1, 0.15) is 23.1 Å². The fourth-order valence-electron chi connectivity index (χ4n) is 1.71. The molecule has 19 heavy (non-hydrogen) atoms. The molecule has 0 atom stereocenters. The van der Waals surface area contributed by atoms with Crippen LogP contribution in [0.5, 0.6) is 0 Å². The first-order valence-electron chi connectivity index (χ1n) is 5.69. The Kier molecular flexibility index (Phi) is 3.32. The van der Waals surface area contributed by atoms with Gasteiger partial charge in [-0.05, 0) is 13.8 Å². The molecule has 0 aromatic carbocycles. The minimum Gasteiger partial charge on any atom is -0.337 e. The van der Waals surface area contributed by atoms with Crippen LogP contribution < -0.4 is 5.32 Å². The van der Waals surface area contributed by atoms with Crippen LogP contribution in [0.2, 0.25) is 0 Å². The molecule has 2 N–H and O–H groups in total. The van der Waals surface area contributed by atoms with Gasteiger partial charge in [-0.1, -0.05) is 0 Å². The smallest absolute Gasteiger partial charge is 0.287 e. The number of H-pyrrole nitrogens is 1. The zero-order valence-electron chi connectivity index (χ0n) is 10.5. The molecule has 1 amide bonds. The van der Waals surface area contributed by atoms with E-state index in [1.165, 1.54) is 16.8 Å². The number of rotatable bonds is 4. The third kappa shape index (κ3) is 2.62. The molecule has 2 aromatic heterocycles. The summed E-state index contributed by atoms with van der Waals surface area (Å²) < 4.78 is 1.52. The van der Waals surface area contributed by atoms with Crippen molar-refractivity contribution in [2.24, 2.45) is 0 Å². The van der Waals surface area contributed by atoms with E-state index in [1.54, 1.807) is 13.0 Å². The molecular formula is C11H13N5O3. The SMILES string of the molecule is CCn1cc([N+](=O)[O-])cc1C(=O)Nc1cc(C)[nH]n1. The molecule has 2 heterocycles. The minimum atomic E-state index is -0.526. The standard InChI is InChI=1S/C11H13N5O3/c1-3-15-6-8(16(18)19)5-9(15)11(17)12-10-4-7(2)13-14-10/h4-6H,3H2,1-2H3,(H2,12,13,14,17). The highest BCUT2D eigenvalue weighted by Gasteiger charge is 2.19. The van der Waals surface area contributed by atoms with Crippen LogP contribution in [-0.4, -0.2) is 25.6 Å². The zero-order chi connectivity index (χ0) is 14.0. The number of aromatic amines is 1. The van der Waals surface area contributed by atoms with Crippen LogP contribution in [0.4, 0.5) is 11.5 Å². The monoisotopic (exact) mass is 263 g/mol. The summed E-state index contributed by atoms with van der Waals surface area (Å²) in [6.07, 6.45) is 1.34. The molecule has 0 aliphatic carbocycles. The second-order valence-electron chi connectivity index (χ2n) is 4.02. The molecule has 0 unspecified atom stereocenters. The highest BCUT2D eigenvalue weighted by Crippen LogP contribution is 2.17. The Bertz CT molecular complexity index is 628. The molecule has 8 heteroatoms. The lowest BCUT2D eigenvalue weighted by atomic mass is 10.3. The molecule has 100 valence electrons. The van der Waals surface area contributed by atoms with E-state index >= 15 is 0 Å². The van der Waals surface area contributed by atoms with Gasteiger partial charge < -0.3 is 9.88 Å². The van der Waals surface area contributed by atoms with Crippen LogP contribution in [0, 0.1) is 17.0 Å². The number of carbonyl (C=O) groups excluding carboxylic acids is 1. The maximum Gasteiger partial charge on any atom is 0.287 e. The van der Waals surface area contributed by atoms with Crippen molar-refractivity contribution in [1.29, 1.82) is 0 Å². The van der Waals surface area contributed by atoms with Gasteiger partial charge in [-0.3, -0.25) is 20.0 Å². The Labute approximate surface area is 108 Å². The van der Waals surface area contributed by atoms with Crippen molar-refractivity contribution in [2.75, 3.05) is 5.32 Å². The minimum absolute atomic E-state index is 0.106. The van der Waals surface area contributed by atoms with Crippen molar-refractivity contribution in [1.82, 2.24) is 14.8 Å². The average molecular weight is 263 g/mol. The molecule has 0 spiro atoms. The molecule has 2 rings (SSSR count). The second-order valence-corrected chi connectivity index (χ2v) is 4.02. The third-order valence-electron chi connectivity index (χ3n) is 2.61. The molecule has 0 aliphatic heterocycles. The van der Waals surface area contributed by atoms with Crippen LogP contribution >= 0.6 is 0 Å². The highest BCUT2D eigenvalue weighted by molar-refractivity contribution is 6.03. The number of aryl methyl sites for hydroxylation is 2. The van der Waals surface area contributed by atoms with Crippen molar-refractivity contribution in [3.63, 3.8) is 0 Å². The Balaban J connectivity index is 2.25. The highest BCUT2D eigenvalue weighted by atomic mass is 16.6. The number of amides is 1. The van der Waals surface area contributed by atoms with Crippen LogP contribution in [0.15, 0.2) is 18.3 Å². The number of carbonyl (C=O) groups is 1. The fraction of sp³-hybridized carbons (Fsp3) is 0.273. The van der Waals surface area contributed by atoms with Crippen molar-refractivity contribution in [2.45, 2.75) is 20.4 Å². The van der Waals surface area contributed by atoms with E-state index in [4.69, 9.17) is 0 Å². The number of aromatic nitrogens is 3. The Morgan fingerprint density at radius 1 is 1.58 bits per heavy atom. The quantitative estimate of drug-likeness (QED) is 0.646. The third-order valence-corrected chi connectivity index (χ3v) is 2.61. The summed E-state index contributed by atoms with van der Waals surface area (Å²) in [5, 5.41) is 19.9. The predicted octanol–water partition coefficient (Wildman–Crippen LogP) is 1.70. The normalized spacial score (nSPS) is 10.4. The Morgan fingerprint density at radius 2 is 2.32 bits per heavy atom. The van der Waals surface area contributed by atoms with E-state index in [1.807, 2.05) is 6.92 Å². The number of hydrogen-bond acceptors (Lipinski definition) is 4. The number of nitrogens with zero attached hydrogens (tertiary/aromatic N) is 3. The fourth-order valence-corrected chi connectivity index (χ4v) is 1.71. The number of hydrogen-bond donors (Lipinski definition) is 2. The number of anilines is 1. The molecule has 0 fully saturated rings. The molecule has 0 saturated heterocycles. The first-order chi connectivity index (χ1) is 9.01. The topological polar surface area (TPSA) is 106 Å². The van der Waals surface area contributed by atoms with Gasteiger partial charge in [0.2, 0.25) is 0 Å². The van der Waals surface area contributed by atoms with Gasteiger partial charge in [0.15, 0.2) is 5.82 Å². The summed E-state index contributed by atoms with van der Waals surface area (Å²) in [5.74, 6) is -0.0459. The van der Waals surface area contributed by atoms with E-state index in [0.717, 1.165) is 5.69 Å². The maximum absolute atomic E-state index is 12.0. The van der Waals surface area contributed by atoms with E-state index in [-0.39, 0.29) is 11.4 Å². The molecular weight excluding hydrogens is 250 g/mol. The molecule has 0 bridgehead atoms. The molecule has 8 nitrogen and oxygen atoms in total. The summed E-state index contributed by atoms with van der Waals surface area (Å²) in [4.78, 5) is 22.2. The molecule has 0 saturated carbocycles. The summed E-state index contributed by atoms with van der Waals surface area (Å²) in [5.41, 5.74) is 0.937. The lowest BCUT2D eigenvalue weighted by Crippen LogP contribution is -2.16. The van der Waals surface area contributed by atoms with Gasteiger partial charge in [-0.15, -0.1) is 0 Å². The van der Waals surface area contributed by atoms with Gasteiger partial charge in [0.1, 0.15) is 5.69 Å². The molecule has 0 aliphatic rings. The molecule has 0 radical (unpaired) electrons. The van der Waals surface area contributed by atoms with Gasteiger partial charge in [0.25, 0.3) is 11.6 Å². The maximum atomic E-state index is 12.0. The summed E-state index contributed by atoms with van der Waals surface area (Å²) in [7, 11) is 0. The van der Waals surface area contributed by atoms with Crippen LogP contribution in [-0.2, 0) is 6.54 Å². The van der Waals surface area contributed by atoms with E-state index in [2.05, 4.69) is 15.5 Å². The summed E-state index contributed by atoms with van der Waals surface area (Å²) >= 11 is 0. The lowest BCUT2D eigenvalue weighted by Gasteiger charge is -2.04. The second kappa shape index (κ2) is 4.92. The van der Waals surface area contributed by atoms with Crippen molar-refractivity contribution in [3.8, 4) is 0 Å². The Hall–Kier alpha value is -2.64. The number of nitrogens with one attached hydrogen (secondary N) is 2. The zero-order valence-corrected chi connectivity index (χ0v) is 10.5. The summed E-state index contributed by atoms with van der Waals surface area (Å²) in [6, 6.07) is 2.92. The average Bonchev–Trinajstić information content (AvgIpc) is 2.95. The molecule has 2 aromatic rings. The van der Waals surface area contributed by atoms with Crippen LogP contribution in [0.25, 0.3) is 0 Å². The van der Waals surface area contributed by atoms with E-state index in [0.29, 0.717) is 12.4 Å².